The van der Waals surface area contributed by atoms with E-state index in [2.05, 4.69) is 37.4 Å². The second-order valence-corrected chi connectivity index (χ2v) is 7.09. The fourth-order valence-electron chi connectivity index (χ4n) is 3.01. The van der Waals surface area contributed by atoms with Crippen LogP contribution in [0.15, 0.2) is 23.2 Å². The molecule has 1 aliphatic carbocycles. The van der Waals surface area contributed by atoms with Crippen LogP contribution in [0.2, 0.25) is 0 Å². The monoisotopic (exact) mass is 304 g/mol. The fourth-order valence-corrected chi connectivity index (χ4v) is 3.82. The first-order chi connectivity index (χ1) is 10.2. The Hall–Kier alpha value is -1.16. The lowest BCUT2D eigenvalue weighted by molar-refractivity contribution is 0.341. The molecule has 2 atom stereocenters. The fraction of sp³-hybridized carbons (Fsp3) is 0.588. The smallest absolute Gasteiger partial charge is 0.157 e. The summed E-state index contributed by atoms with van der Waals surface area (Å²) in [4.78, 5) is 4.80. The van der Waals surface area contributed by atoms with Crippen molar-refractivity contribution in [2.45, 2.75) is 51.6 Å². The minimum absolute atomic E-state index is 0.529. The van der Waals surface area contributed by atoms with E-state index in [-0.39, 0.29) is 0 Å². The molecule has 1 heterocycles. The van der Waals surface area contributed by atoms with Crippen LogP contribution < -0.4 is 10.1 Å². The third-order valence-corrected chi connectivity index (χ3v) is 5.11. The predicted octanol–water partition coefficient (Wildman–Crippen LogP) is 3.69. The third-order valence-electron chi connectivity index (χ3n) is 4.24. The second-order valence-electron chi connectivity index (χ2n) is 6.00. The summed E-state index contributed by atoms with van der Waals surface area (Å²) in [5.41, 5.74) is 2.45. The van der Waals surface area contributed by atoms with Crippen LogP contribution in [0.3, 0.4) is 0 Å². The highest BCUT2D eigenvalue weighted by molar-refractivity contribution is 8.13. The van der Waals surface area contributed by atoms with Gasteiger partial charge in [0.15, 0.2) is 5.17 Å². The second kappa shape index (κ2) is 6.73. The Morgan fingerprint density at radius 2 is 2.14 bits per heavy atom. The Balaban J connectivity index is 1.43. The summed E-state index contributed by atoms with van der Waals surface area (Å²) in [6.07, 6.45) is 5.20. The molecule has 1 saturated carbocycles. The number of amidine groups is 1. The van der Waals surface area contributed by atoms with Gasteiger partial charge in [0.2, 0.25) is 0 Å². The SMILES string of the molecule is Cc1ccc(C)c(OCCSC2=N[C@@H]3CCCC[C@@H]3N2)c1. The van der Waals surface area contributed by atoms with E-state index in [1.165, 1.54) is 36.8 Å². The zero-order chi connectivity index (χ0) is 14.7. The molecule has 1 aromatic carbocycles. The maximum absolute atomic E-state index is 5.89. The van der Waals surface area contributed by atoms with Crippen molar-refractivity contribution in [2.24, 2.45) is 4.99 Å². The van der Waals surface area contributed by atoms with Crippen LogP contribution in [0.1, 0.15) is 36.8 Å². The van der Waals surface area contributed by atoms with E-state index in [0.717, 1.165) is 23.3 Å². The molecular formula is C17H24N2OS. The molecule has 2 aliphatic rings. The van der Waals surface area contributed by atoms with Gasteiger partial charge in [0.1, 0.15) is 5.75 Å². The highest BCUT2D eigenvalue weighted by Crippen LogP contribution is 2.27. The summed E-state index contributed by atoms with van der Waals surface area (Å²) in [5.74, 6) is 1.95. The number of hydrogen-bond acceptors (Lipinski definition) is 4. The molecule has 4 heteroatoms. The van der Waals surface area contributed by atoms with E-state index in [1.807, 2.05) is 0 Å². The number of nitrogens with one attached hydrogen (secondary N) is 1. The Labute approximate surface area is 131 Å². The van der Waals surface area contributed by atoms with Gasteiger partial charge in [-0.1, -0.05) is 36.7 Å². The van der Waals surface area contributed by atoms with Crippen LogP contribution >= 0.6 is 11.8 Å². The van der Waals surface area contributed by atoms with Gasteiger partial charge in [-0.2, -0.15) is 0 Å². The topological polar surface area (TPSA) is 33.6 Å². The maximum Gasteiger partial charge on any atom is 0.157 e. The van der Waals surface area contributed by atoms with Gasteiger partial charge in [0.25, 0.3) is 0 Å². The zero-order valence-electron chi connectivity index (χ0n) is 12.9. The molecule has 21 heavy (non-hydrogen) atoms. The van der Waals surface area contributed by atoms with Crippen molar-refractivity contribution >= 4 is 16.9 Å². The van der Waals surface area contributed by atoms with Crippen LogP contribution in [0, 0.1) is 13.8 Å². The Bertz CT molecular complexity index is 530. The lowest BCUT2D eigenvalue weighted by Crippen LogP contribution is -2.36. The molecule has 0 aromatic heterocycles. The minimum Gasteiger partial charge on any atom is -0.492 e. The van der Waals surface area contributed by atoms with Gasteiger partial charge in [0, 0.05) is 5.75 Å². The van der Waals surface area contributed by atoms with Crippen LogP contribution in [0.5, 0.6) is 5.75 Å². The summed E-state index contributed by atoms with van der Waals surface area (Å²) in [6, 6.07) is 7.48. The number of aliphatic imine (C=N–C) groups is 1. The van der Waals surface area contributed by atoms with Crippen LogP contribution in [-0.4, -0.2) is 29.6 Å². The lowest BCUT2D eigenvalue weighted by Gasteiger charge is -2.23. The number of thioether (sulfide) groups is 1. The largest absolute Gasteiger partial charge is 0.492 e. The number of benzene rings is 1. The van der Waals surface area contributed by atoms with E-state index in [1.54, 1.807) is 11.8 Å². The Morgan fingerprint density at radius 1 is 1.29 bits per heavy atom. The minimum atomic E-state index is 0.529. The van der Waals surface area contributed by atoms with Crippen molar-refractivity contribution in [2.75, 3.05) is 12.4 Å². The zero-order valence-corrected chi connectivity index (χ0v) is 13.7. The summed E-state index contributed by atoms with van der Waals surface area (Å²) < 4.78 is 5.89. The number of hydrogen-bond donors (Lipinski definition) is 1. The molecule has 0 radical (unpaired) electrons. The van der Waals surface area contributed by atoms with Crippen molar-refractivity contribution in [3.8, 4) is 5.75 Å². The number of ether oxygens (including phenoxy) is 1. The molecule has 1 aromatic rings. The highest BCUT2D eigenvalue weighted by Gasteiger charge is 2.30. The predicted molar refractivity (Wildman–Crippen MR) is 90.5 cm³/mol. The van der Waals surface area contributed by atoms with Gasteiger partial charge in [-0.15, -0.1) is 0 Å². The normalized spacial score (nSPS) is 24.2. The van der Waals surface area contributed by atoms with Gasteiger partial charge < -0.3 is 10.1 Å². The van der Waals surface area contributed by atoms with E-state index in [9.17, 15) is 0 Å². The molecule has 0 unspecified atom stereocenters. The lowest BCUT2D eigenvalue weighted by atomic mass is 9.92. The van der Waals surface area contributed by atoms with Crippen molar-refractivity contribution in [3.63, 3.8) is 0 Å². The molecule has 0 bridgehead atoms. The Morgan fingerprint density at radius 3 is 3.00 bits per heavy atom. The molecule has 1 fully saturated rings. The van der Waals surface area contributed by atoms with Gasteiger partial charge in [-0.25, -0.2) is 0 Å². The van der Waals surface area contributed by atoms with Gasteiger partial charge in [-0.05, 0) is 43.9 Å². The third kappa shape index (κ3) is 3.73. The molecule has 0 spiro atoms. The van der Waals surface area contributed by atoms with Gasteiger partial charge >= 0.3 is 0 Å². The van der Waals surface area contributed by atoms with E-state index >= 15 is 0 Å². The summed E-state index contributed by atoms with van der Waals surface area (Å²) in [7, 11) is 0. The van der Waals surface area contributed by atoms with Crippen LogP contribution in [0.4, 0.5) is 0 Å². The first kappa shape index (κ1) is 14.8. The number of aryl methyl sites for hydroxylation is 2. The number of nitrogens with zero attached hydrogens (tertiary/aromatic N) is 1. The summed E-state index contributed by atoms with van der Waals surface area (Å²) in [6.45, 7) is 4.92. The van der Waals surface area contributed by atoms with Gasteiger partial charge in [0.05, 0.1) is 18.7 Å². The highest BCUT2D eigenvalue weighted by atomic mass is 32.2. The molecule has 1 aliphatic heterocycles. The average molecular weight is 304 g/mol. The quantitative estimate of drug-likeness (QED) is 0.861. The van der Waals surface area contributed by atoms with Crippen LogP contribution in [0.25, 0.3) is 0 Å². The van der Waals surface area contributed by atoms with Crippen molar-refractivity contribution in [1.29, 1.82) is 0 Å². The first-order valence-electron chi connectivity index (χ1n) is 7.89. The van der Waals surface area contributed by atoms with Gasteiger partial charge in [-0.3, -0.25) is 4.99 Å². The molecule has 3 nitrogen and oxygen atoms in total. The standard InChI is InChI=1S/C17H24N2OS/c1-12-7-8-13(2)16(11-12)20-9-10-21-17-18-14-5-3-4-6-15(14)19-17/h7-8,11,14-15H,3-6,9-10H2,1-2H3,(H,18,19)/t14-,15+. The van der Waals surface area contributed by atoms with E-state index < -0.39 is 0 Å². The van der Waals surface area contributed by atoms with Crippen molar-refractivity contribution in [3.05, 3.63) is 29.3 Å². The molecule has 3 rings (SSSR count). The molecule has 0 saturated heterocycles. The Kier molecular flexibility index (Phi) is 4.73. The summed E-state index contributed by atoms with van der Waals surface area (Å²) >= 11 is 1.79. The van der Waals surface area contributed by atoms with Crippen LogP contribution in [-0.2, 0) is 0 Å². The molecular weight excluding hydrogens is 280 g/mol. The average Bonchev–Trinajstić information content (AvgIpc) is 2.89. The first-order valence-corrected chi connectivity index (χ1v) is 8.88. The summed E-state index contributed by atoms with van der Waals surface area (Å²) in [5, 5.41) is 4.69. The van der Waals surface area contributed by atoms with Crippen molar-refractivity contribution in [1.82, 2.24) is 5.32 Å². The maximum atomic E-state index is 5.89. The van der Waals surface area contributed by atoms with Crippen molar-refractivity contribution < 1.29 is 4.74 Å². The number of rotatable bonds is 4. The van der Waals surface area contributed by atoms with E-state index in [4.69, 9.17) is 9.73 Å². The molecule has 0 amide bonds. The number of fused-ring (bicyclic) bond motifs is 1. The molecule has 114 valence electrons. The molecule has 1 N–H and O–H groups in total. The van der Waals surface area contributed by atoms with E-state index in [0.29, 0.717) is 12.1 Å².